The van der Waals surface area contributed by atoms with Crippen molar-refractivity contribution in [3.63, 3.8) is 0 Å². The Hall–Kier alpha value is -0.0400. The molecule has 0 amide bonds. The Balaban J connectivity index is 2.43. The molecule has 0 unspecified atom stereocenters. The molecule has 1 fully saturated rings. The van der Waals surface area contributed by atoms with Gasteiger partial charge in [-0.1, -0.05) is 13.8 Å². The van der Waals surface area contributed by atoms with E-state index in [1.54, 1.807) is 0 Å². The molecule has 0 saturated carbocycles. The van der Waals surface area contributed by atoms with E-state index in [9.17, 15) is 0 Å². The van der Waals surface area contributed by atoms with Crippen molar-refractivity contribution in [3.8, 4) is 0 Å². The normalized spacial score (nSPS) is 26.1. The molecule has 60 valence electrons. The average Bonchev–Trinajstić information content (AvgIpc) is 2.10. The van der Waals surface area contributed by atoms with E-state index in [-0.39, 0.29) is 0 Å². The summed E-state index contributed by atoms with van der Waals surface area (Å²) in [4.78, 5) is 2.56. The molecule has 0 spiro atoms. The molecule has 0 aromatic carbocycles. The van der Waals surface area contributed by atoms with Gasteiger partial charge < -0.3 is 4.90 Å². The maximum Gasteiger partial charge on any atom is 0.00388 e. The molecule has 0 aromatic heterocycles. The number of hydrogen-bond acceptors (Lipinski definition) is 1. The molecular weight excluding hydrogens is 122 g/mol. The van der Waals surface area contributed by atoms with Gasteiger partial charge in [0.2, 0.25) is 0 Å². The highest BCUT2D eigenvalue weighted by molar-refractivity contribution is 4.83. The van der Waals surface area contributed by atoms with Gasteiger partial charge in [0, 0.05) is 12.6 Å². The lowest BCUT2D eigenvalue weighted by molar-refractivity contribution is 0.243. The quantitative estimate of drug-likeness (QED) is 0.540. The van der Waals surface area contributed by atoms with E-state index in [0.29, 0.717) is 5.41 Å². The van der Waals surface area contributed by atoms with Gasteiger partial charge in [0.25, 0.3) is 0 Å². The Kier molecular flexibility index (Phi) is 2.04. The van der Waals surface area contributed by atoms with E-state index in [2.05, 4.69) is 32.6 Å². The molecule has 0 N–H and O–H groups in total. The van der Waals surface area contributed by atoms with E-state index < -0.39 is 0 Å². The van der Waals surface area contributed by atoms with Gasteiger partial charge in [-0.25, -0.2) is 0 Å². The first-order chi connectivity index (χ1) is 4.51. The van der Waals surface area contributed by atoms with Crippen LogP contribution < -0.4 is 0 Å². The fourth-order valence-electron chi connectivity index (χ4n) is 1.59. The van der Waals surface area contributed by atoms with Crippen molar-refractivity contribution in [3.05, 3.63) is 0 Å². The summed E-state index contributed by atoms with van der Waals surface area (Å²) >= 11 is 0. The molecule has 1 heterocycles. The maximum atomic E-state index is 2.56. The predicted molar refractivity (Wildman–Crippen MR) is 45.1 cm³/mol. The van der Waals surface area contributed by atoms with Crippen LogP contribution >= 0.6 is 0 Å². The summed E-state index contributed by atoms with van der Waals surface area (Å²) in [5.41, 5.74) is 0.574. The Labute approximate surface area is 64.4 Å². The standard InChI is InChI=1S/C9H19N/c1-8(2)10-6-5-9(3,4)7-10/h8H,5-7H2,1-4H3. The van der Waals surface area contributed by atoms with Crippen molar-refractivity contribution in [2.75, 3.05) is 13.1 Å². The SMILES string of the molecule is CC(C)N1CCC(C)(C)C1. The Morgan fingerprint density at radius 3 is 2.10 bits per heavy atom. The van der Waals surface area contributed by atoms with Crippen LogP contribution in [0.4, 0.5) is 0 Å². The summed E-state index contributed by atoms with van der Waals surface area (Å²) in [7, 11) is 0. The molecule has 1 aliphatic rings. The predicted octanol–water partition coefficient (Wildman–Crippen LogP) is 2.13. The summed E-state index contributed by atoms with van der Waals surface area (Å²) in [5, 5.41) is 0. The zero-order chi connectivity index (χ0) is 7.78. The third kappa shape index (κ3) is 1.72. The maximum absolute atomic E-state index is 2.56. The van der Waals surface area contributed by atoms with Crippen molar-refractivity contribution in [1.29, 1.82) is 0 Å². The zero-order valence-electron chi connectivity index (χ0n) is 7.65. The largest absolute Gasteiger partial charge is 0.300 e. The number of rotatable bonds is 1. The van der Waals surface area contributed by atoms with Crippen LogP contribution in [-0.2, 0) is 0 Å². The Morgan fingerprint density at radius 2 is 1.90 bits per heavy atom. The number of nitrogens with zero attached hydrogens (tertiary/aromatic N) is 1. The first-order valence-corrected chi connectivity index (χ1v) is 4.25. The second kappa shape index (κ2) is 2.54. The van der Waals surface area contributed by atoms with Crippen LogP contribution in [0.1, 0.15) is 34.1 Å². The molecule has 1 nitrogen and oxygen atoms in total. The highest BCUT2D eigenvalue weighted by Gasteiger charge is 2.29. The summed E-state index contributed by atoms with van der Waals surface area (Å²) in [6, 6.07) is 0.738. The van der Waals surface area contributed by atoms with Crippen molar-refractivity contribution in [1.82, 2.24) is 4.90 Å². The van der Waals surface area contributed by atoms with E-state index >= 15 is 0 Å². The molecular formula is C9H19N. The molecule has 1 heteroatoms. The monoisotopic (exact) mass is 141 g/mol. The molecule has 1 aliphatic heterocycles. The van der Waals surface area contributed by atoms with Crippen LogP contribution in [0, 0.1) is 5.41 Å². The highest BCUT2D eigenvalue weighted by Crippen LogP contribution is 2.29. The van der Waals surface area contributed by atoms with Gasteiger partial charge in [-0.15, -0.1) is 0 Å². The van der Waals surface area contributed by atoms with Crippen LogP contribution in [-0.4, -0.2) is 24.0 Å². The van der Waals surface area contributed by atoms with Gasteiger partial charge in [0.1, 0.15) is 0 Å². The summed E-state index contributed by atoms with van der Waals surface area (Å²) in [6.07, 6.45) is 1.37. The number of likely N-dealkylation sites (tertiary alicyclic amines) is 1. The van der Waals surface area contributed by atoms with Gasteiger partial charge in [-0.3, -0.25) is 0 Å². The smallest absolute Gasteiger partial charge is 0.00388 e. The first kappa shape index (κ1) is 8.06. The zero-order valence-corrected chi connectivity index (χ0v) is 7.65. The van der Waals surface area contributed by atoms with Crippen molar-refractivity contribution < 1.29 is 0 Å². The molecule has 0 aliphatic carbocycles. The average molecular weight is 141 g/mol. The van der Waals surface area contributed by atoms with Gasteiger partial charge >= 0.3 is 0 Å². The molecule has 1 rings (SSSR count). The van der Waals surface area contributed by atoms with Crippen molar-refractivity contribution in [2.24, 2.45) is 5.41 Å². The lowest BCUT2D eigenvalue weighted by Gasteiger charge is -2.22. The molecule has 1 saturated heterocycles. The van der Waals surface area contributed by atoms with E-state index in [1.807, 2.05) is 0 Å². The van der Waals surface area contributed by atoms with Gasteiger partial charge in [-0.2, -0.15) is 0 Å². The Bertz CT molecular complexity index is 116. The molecule has 0 bridgehead atoms. The summed E-state index contributed by atoms with van der Waals surface area (Å²) < 4.78 is 0. The van der Waals surface area contributed by atoms with Gasteiger partial charge in [0.05, 0.1) is 0 Å². The van der Waals surface area contributed by atoms with Crippen LogP contribution in [0.2, 0.25) is 0 Å². The van der Waals surface area contributed by atoms with Crippen LogP contribution in [0.3, 0.4) is 0 Å². The summed E-state index contributed by atoms with van der Waals surface area (Å²) in [5.74, 6) is 0. The molecule has 0 aromatic rings. The lowest BCUT2D eigenvalue weighted by atomic mass is 9.93. The van der Waals surface area contributed by atoms with Gasteiger partial charge in [-0.05, 0) is 32.2 Å². The molecule has 0 radical (unpaired) electrons. The lowest BCUT2D eigenvalue weighted by Crippen LogP contribution is -2.29. The van der Waals surface area contributed by atoms with Crippen LogP contribution in [0.5, 0.6) is 0 Å². The fraction of sp³-hybridized carbons (Fsp3) is 1.00. The third-order valence-electron chi connectivity index (χ3n) is 2.44. The third-order valence-corrected chi connectivity index (χ3v) is 2.44. The topological polar surface area (TPSA) is 3.24 Å². The van der Waals surface area contributed by atoms with Gasteiger partial charge in [0.15, 0.2) is 0 Å². The second-order valence-electron chi connectivity index (χ2n) is 4.48. The van der Waals surface area contributed by atoms with Crippen molar-refractivity contribution >= 4 is 0 Å². The Morgan fingerprint density at radius 1 is 1.30 bits per heavy atom. The highest BCUT2D eigenvalue weighted by atomic mass is 15.2. The number of hydrogen-bond donors (Lipinski definition) is 0. The molecule has 10 heavy (non-hydrogen) atoms. The summed E-state index contributed by atoms with van der Waals surface area (Å²) in [6.45, 7) is 11.9. The minimum absolute atomic E-state index is 0.574. The van der Waals surface area contributed by atoms with Crippen LogP contribution in [0.15, 0.2) is 0 Å². The van der Waals surface area contributed by atoms with Crippen LogP contribution in [0.25, 0.3) is 0 Å². The van der Waals surface area contributed by atoms with E-state index in [4.69, 9.17) is 0 Å². The minimum atomic E-state index is 0.574. The second-order valence-corrected chi connectivity index (χ2v) is 4.48. The molecule has 0 atom stereocenters. The van der Waals surface area contributed by atoms with E-state index in [1.165, 1.54) is 19.5 Å². The van der Waals surface area contributed by atoms with Crippen molar-refractivity contribution in [2.45, 2.75) is 40.2 Å². The fourth-order valence-corrected chi connectivity index (χ4v) is 1.59. The van der Waals surface area contributed by atoms with E-state index in [0.717, 1.165) is 6.04 Å². The minimum Gasteiger partial charge on any atom is -0.300 e. The first-order valence-electron chi connectivity index (χ1n) is 4.25.